The van der Waals surface area contributed by atoms with E-state index < -0.39 is 11.9 Å². The maximum atomic E-state index is 13.6. The molecule has 3 saturated carbocycles. The first-order valence-corrected chi connectivity index (χ1v) is 11.7. The summed E-state index contributed by atoms with van der Waals surface area (Å²) in [4.78, 5) is 25.4. The quantitative estimate of drug-likeness (QED) is 0.547. The van der Waals surface area contributed by atoms with Gasteiger partial charge in [0.2, 0.25) is 5.89 Å². The lowest BCUT2D eigenvalue weighted by molar-refractivity contribution is -0.148. The Morgan fingerprint density at radius 3 is 2.80 bits per heavy atom. The Bertz CT molecular complexity index is 1350. The van der Waals surface area contributed by atoms with Gasteiger partial charge in [-0.2, -0.15) is 0 Å². The molecular formula is C25H21ClFN3O5. The van der Waals surface area contributed by atoms with Crippen LogP contribution in [0, 0.1) is 12.7 Å². The number of ether oxygens (including phenoxy) is 2. The molecule has 7 rings (SSSR count). The summed E-state index contributed by atoms with van der Waals surface area (Å²) in [6.07, 6.45) is 1.20. The van der Waals surface area contributed by atoms with Gasteiger partial charge in [0.1, 0.15) is 17.3 Å². The van der Waals surface area contributed by atoms with E-state index in [0.29, 0.717) is 42.2 Å². The van der Waals surface area contributed by atoms with Crippen molar-refractivity contribution in [1.29, 1.82) is 0 Å². The van der Waals surface area contributed by atoms with Gasteiger partial charge in [0, 0.05) is 11.6 Å². The molecule has 8 nitrogen and oxygen atoms in total. The van der Waals surface area contributed by atoms with E-state index in [1.807, 2.05) is 13.0 Å². The van der Waals surface area contributed by atoms with Gasteiger partial charge in [-0.15, -0.1) is 10.2 Å². The van der Waals surface area contributed by atoms with Gasteiger partial charge in [-0.25, -0.2) is 4.39 Å². The summed E-state index contributed by atoms with van der Waals surface area (Å²) < 4.78 is 30.7. The first-order valence-electron chi connectivity index (χ1n) is 11.3. The van der Waals surface area contributed by atoms with Crippen molar-refractivity contribution in [3.05, 3.63) is 70.1 Å². The van der Waals surface area contributed by atoms with E-state index in [-0.39, 0.29) is 46.6 Å². The number of fused-ring (bicyclic) bond motifs is 1. The van der Waals surface area contributed by atoms with E-state index in [1.54, 1.807) is 18.2 Å². The average molecular weight is 498 g/mol. The second-order valence-corrected chi connectivity index (χ2v) is 10.1. The number of Topliss-reactive ketones (excluding diaryl/α,β-unsaturated/α-hetero) is 1. The zero-order valence-corrected chi connectivity index (χ0v) is 19.5. The van der Waals surface area contributed by atoms with E-state index in [9.17, 15) is 14.0 Å². The van der Waals surface area contributed by atoms with Gasteiger partial charge in [-0.1, -0.05) is 23.2 Å². The van der Waals surface area contributed by atoms with Gasteiger partial charge in [-0.05, 0) is 50.5 Å². The Morgan fingerprint density at radius 2 is 2.03 bits per heavy atom. The minimum absolute atomic E-state index is 0.0000767. The van der Waals surface area contributed by atoms with E-state index in [0.717, 1.165) is 5.56 Å². The molecule has 0 spiro atoms. The molecule has 1 amide bonds. The number of aryl methyl sites for hydroxylation is 1. The van der Waals surface area contributed by atoms with E-state index in [2.05, 4.69) is 15.5 Å². The fraction of sp³-hybridized carbons (Fsp3) is 0.360. The number of carbonyl (C=O) groups excluding carboxylic acids is 2. The number of rotatable bonds is 6. The number of nitrogens with zero attached hydrogens (tertiary/aromatic N) is 2. The summed E-state index contributed by atoms with van der Waals surface area (Å²) >= 11 is 5.68. The number of aromatic nitrogens is 2. The lowest BCUT2D eigenvalue weighted by Crippen LogP contribution is -2.77. The third kappa shape index (κ3) is 3.74. The van der Waals surface area contributed by atoms with Crippen molar-refractivity contribution in [2.45, 2.75) is 56.3 Å². The summed E-state index contributed by atoms with van der Waals surface area (Å²) in [5.41, 5.74) is 0.884. The molecule has 2 heterocycles. The largest absolute Gasteiger partial charge is 0.484 e. The number of hydrogen-bond acceptors (Lipinski definition) is 7. The molecule has 35 heavy (non-hydrogen) atoms. The number of carbonyl (C=O) groups is 2. The number of amides is 1. The molecule has 4 aliphatic rings. The van der Waals surface area contributed by atoms with Crippen molar-refractivity contribution in [2.24, 2.45) is 0 Å². The molecule has 0 radical (unpaired) electrons. The normalized spacial score (nSPS) is 26.1. The first-order chi connectivity index (χ1) is 16.7. The Balaban J connectivity index is 1.04. The standard InChI is InChI=1S/C25H21ClFN3O5/c1-13-2-5-19-15(6-13)18(31)8-20(34-19)22(32)28-25-10-24(11-25,12-25)23-30-29-21(35-23)9-33-14-3-4-16(26)17(27)7-14/h2-7,20H,8-12H2,1H3,(H,28,32)/t20-,24?,25?/m0/s1. The minimum atomic E-state index is -0.840. The highest BCUT2D eigenvalue weighted by Crippen LogP contribution is 2.67. The third-order valence-corrected chi connectivity index (χ3v) is 7.27. The molecule has 1 atom stereocenters. The van der Waals surface area contributed by atoms with Crippen molar-refractivity contribution in [3.63, 3.8) is 0 Å². The van der Waals surface area contributed by atoms with Gasteiger partial charge >= 0.3 is 0 Å². The van der Waals surface area contributed by atoms with Crippen molar-refractivity contribution in [2.75, 3.05) is 0 Å². The molecule has 3 fully saturated rings. The fourth-order valence-electron chi connectivity index (χ4n) is 5.31. The average Bonchev–Trinajstić information content (AvgIpc) is 3.25. The van der Waals surface area contributed by atoms with Crippen LogP contribution in [0.3, 0.4) is 0 Å². The SMILES string of the molecule is Cc1ccc2c(c1)C(=O)C[C@@H](C(=O)NC13CC(c4nnc(COc5ccc(Cl)c(F)c5)o4)(C1)C3)O2. The van der Waals surface area contributed by atoms with Gasteiger partial charge in [0.15, 0.2) is 18.5 Å². The fourth-order valence-corrected chi connectivity index (χ4v) is 5.43. The lowest BCUT2D eigenvalue weighted by atomic mass is 9.39. The molecule has 1 N–H and O–H groups in total. The highest BCUT2D eigenvalue weighted by molar-refractivity contribution is 6.30. The van der Waals surface area contributed by atoms with Crippen LogP contribution in [-0.4, -0.2) is 33.5 Å². The van der Waals surface area contributed by atoms with Gasteiger partial charge in [0.05, 0.1) is 22.4 Å². The van der Waals surface area contributed by atoms with Crippen LogP contribution in [-0.2, 0) is 16.8 Å². The molecule has 3 aliphatic carbocycles. The molecule has 0 saturated heterocycles. The predicted molar refractivity (Wildman–Crippen MR) is 121 cm³/mol. The number of benzene rings is 2. The smallest absolute Gasteiger partial charge is 0.261 e. The molecule has 1 aromatic heterocycles. The summed E-state index contributed by atoms with van der Waals surface area (Å²) in [6, 6.07) is 9.53. The second-order valence-electron chi connectivity index (χ2n) is 9.68. The summed E-state index contributed by atoms with van der Waals surface area (Å²) in [7, 11) is 0. The zero-order valence-electron chi connectivity index (χ0n) is 18.8. The predicted octanol–water partition coefficient (Wildman–Crippen LogP) is 4.07. The summed E-state index contributed by atoms with van der Waals surface area (Å²) in [5, 5.41) is 11.3. The number of halogens is 2. The van der Waals surface area contributed by atoms with E-state index in [4.69, 9.17) is 25.5 Å². The molecule has 1 aliphatic heterocycles. The van der Waals surface area contributed by atoms with Crippen LogP contribution >= 0.6 is 11.6 Å². The van der Waals surface area contributed by atoms with Crippen LogP contribution in [0.1, 0.15) is 53.4 Å². The Hall–Kier alpha value is -3.46. The molecule has 10 heteroatoms. The van der Waals surface area contributed by atoms with Gasteiger partial charge in [-0.3, -0.25) is 9.59 Å². The highest BCUT2D eigenvalue weighted by Gasteiger charge is 2.72. The monoisotopic (exact) mass is 497 g/mol. The number of nitrogens with one attached hydrogen (secondary N) is 1. The van der Waals surface area contributed by atoms with Crippen molar-refractivity contribution in [3.8, 4) is 11.5 Å². The lowest BCUT2D eigenvalue weighted by Gasteiger charge is -2.68. The van der Waals surface area contributed by atoms with Crippen LogP contribution in [0.15, 0.2) is 40.8 Å². The Kier molecular flexibility index (Phi) is 4.90. The topological polar surface area (TPSA) is 104 Å². The van der Waals surface area contributed by atoms with Gasteiger partial charge < -0.3 is 19.2 Å². The van der Waals surface area contributed by atoms with Crippen LogP contribution in [0.4, 0.5) is 4.39 Å². The van der Waals surface area contributed by atoms with E-state index in [1.165, 1.54) is 12.1 Å². The zero-order chi connectivity index (χ0) is 24.4. The molecule has 3 aromatic rings. The number of hydrogen-bond donors (Lipinski definition) is 1. The van der Waals surface area contributed by atoms with Crippen LogP contribution in [0.5, 0.6) is 11.5 Å². The van der Waals surface area contributed by atoms with Crippen molar-refractivity contribution >= 4 is 23.3 Å². The maximum Gasteiger partial charge on any atom is 0.261 e. The highest BCUT2D eigenvalue weighted by atomic mass is 35.5. The van der Waals surface area contributed by atoms with Crippen LogP contribution in [0.2, 0.25) is 5.02 Å². The van der Waals surface area contributed by atoms with Crippen LogP contribution < -0.4 is 14.8 Å². The molecule has 2 bridgehead atoms. The van der Waals surface area contributed by atoms with E-state index >= 15 is 0 Å². The minimum Gasteiger partial charge on any atom is -0.484 e. The second kappa shape index (κ2) is 7.78. The third-order valence-electron chi connectivity index (χ3n) is 6.96. The summed E-state index contributed by atoms with van der Waals surface area (Å²) in [6.45, 7) is 1.91. The maximum absolute atomic E-state index is 13.6. The van der Waals surface area contributed by atoms with Crippen molar-refractivity contribution in [1.82, 2.24) is 15.5 Å². The first kappa shape index (κ1) is 22.0. The van der Waals surface area contributed by atoms with Crippen LogP contribution in [0.25, 0.3) is 0 Å². The molecule has 180 valence electrons. The van der Waals surface area contributed by atoms with Gasteiger partial charge in [0.25, 0.3) is 11.8 Å². The number of ketones is 1. The Labute approximate surface area is 204 Å². The summed E-state index contributed by atoms with van der Waals surface area (Å²) in [5.74, 6) is 0.588. The molecular weight excluding hydrogens is 477 g/mol. The Morgan fingerprint density at radius 1 is 1.23 bits per heavy atom. The van der Waals surface area contributed by atoms with Crippen molar-refractivity contribution < 1.29 is 27.9 Å². The molecule has 0 unspecified atom stereocenters. The molecule has 2 aromatic carbocycles.